The summed E-state index contributed by atoms with van der Waals surface area (Å²) in [4.78, 5) is -0.197. The van der Waals surface area contributed by atoms with E-state index in [0.29, 0.717) is 12.0 Å². The molecule has 0 aliphatic rings. The number of aliphatic hydroxyl groups excluding tert-OH is 1. The lowest BCUT2D eigenvalue weighted by Crippen LogP contribution is -2.43. The Labute approximate surface area is 154 Å². The molecule has 0 spiro atoms. The van der Waals surface area contributed by atoms with Gasteiger partial charge in [0.15, 0.2) is 9.84 Å². The number of phenolic OH excluding ortho intramolecular Hbond substituents is 2. The molecule has 0 saturated heterocycles. The average molecular weight is 379 g/mol. The van der Waals surface area contributed by atoms with Gasteiger partial charge in [0.05, 0.1) is 6.10 Å². The van der Waals surface area contributed by atoms with Crippen LogP contribution in [0.2, 0.25) is 0 Å². The largest absolute Gasteiger partial charge is 0.508 e. The molecule has 7 heteroatoms. The molecular weight excluding hydrogens is 354 g/mol. The molecule has 1 unspecified atom stereocenters. The van der Waals surface area contributed by atoms with Gasteiger partial charge in [-0.3, -0.25) is 0 Å². The van der Waals surface area contributed by atoms with Gasteiger partial charge in [-0.2, -0.15) is 0 Å². The van der Waals surface area contributed by atoms with Crippen LogP contribution in [0.25, 0.3) is 0 Å². The lowest BCUT2D eigenvalue weighted by molar-refractivity contribution is 0.160. The van der Waals surface area contributed by atoms with Crippen LogP contribution in [-0.4, -0.2) is 42.1 Å². The average Bonchev–Trinajstić information content (AvgIpc) is 2.54. The van der Waals surface area contributed by atoms with E-state index < -0.39 is 15.9 Å². The van der Waals surface area contributed by atoms with Gasteiger partial charge in [0.25, 0.3) is 0 Å². The zero-order valence-corrected chi connectivity index (χ0v) is 15.9. The minimum atomic E-state index is -3.58. The Bertz CT molecular complexity index is 860. The maximum Gasteiger partial charge on any atom is 0.179 e. The number of rotatable bonds is 7. The fraction of sp³-hybridized carbons (Fsp3) is 0.368. The Morgan fingerprint density at radius 3 is 2.27 bits per heavy atom. The molecule has 0 amide bonds. The molecule has 0 aromatic heterocycles. The molecule has 1 atom stereocenters. The minimum absolute atomic E-state index is 0.197. The minimum Gasteiger partial charge on any atom is -0.508 e. The van der Waals surface area contributed by atoms with Gasteiger partial charge in [-0.1, -0.05) is 18.2 Å². The Hall–Kier alpha value is -2.09. The smallest absolute Gasteiger partial charge is 0.179 e. The maximum atomic E-state index is 11.7. The molecule has 2 rings (SSSR count). The van der Waals surface area contributed by atoms with Crippen molar-refractivity contribution >= 4 is 9.84 Å². The van der Waals surface area contributed by atoms with Crippen molar-refractivity contribution in [3.63, 3.8) is 0 Å². The van der Waals surface area contributed by atoms with Crippen molar-refractivity contribution in [2.24, 2.45) is 0 Å². The van der Waals surface area contributed by atoms with Crippen molar-refractivity contribution < 1.29 is 23.7 Å². The summed E-state index contributed by atoms with van der Waals surface area (Å²) in [7, 11) is -3.58. The number of benzene rings is 2. The topological polar surface area (TPSA) is 107 Å². The molecule has 0 saturated carbocycles. The first-order valence-electron chi connectivity index (χ1n) is 8.22. The number of aliphatic hydroxyl groups is 1. The molecular formula is C19H25NO5S. The van der Waals surface area contributed by atoms with E-state index in [-0.39, 0.29) is 28.5 Å². The van der Waals surface area contributed by atoms with Crippen molar-refractivity contribution in [2.75, 3.05) is 12.8 Å². The predicted molar refractivity (Wildman–Crippen MR) is 100 cm³/mol. The Morgan fingerprint density at radius 2 is 1.69 bits per heavy atom. The third-order valence-corrected chi connectivity index (χ3v) is 5.25. The van der Waals surface area contributed by atoms with Crippen LogP contribution >= 0.6 is 0 Å². The van der Waals surface area contributed by atoms with Crippen LogP contribution in [0.1, 0.15) is 31.1 Å². The van der Waals surface area contributed by atoms with E-state index in [1.165, 1.54) is 18.2 Å². The quantitative estimate of drug-likeness (QED) is 0.587. The van der Waals surface area contributed by atoms with E-state index >= 15 is 0 Å². The summed E-state index contributed by atoms with van der Waals surface area (Å²) in [6.07, 6.45) is 0.775. The van der Waals surface area contributed by atoms with Crippen LogP contribution in [0.3, 0.4) is 0 Å². The molecule has 4 N–H and O–H groups in total. The van der Waals surface area contributed by atoms with E-state index in [1.54, 1.807) is 12.1 Å². The Kier molecular flexibility index (Phi) is 5.95. The Balaban J connectivity index is 2.05. The van der Waals surface area contributed by atoms with Crippen LogP contribution in [0.4, 0.5) is 0 Å². The highest BCUT2D eigenvalue weighted by atomic mass is 32.2. The first-order chi connectivity index (χ1) is 12.0. The molecule has 26 heavy (non-hydrogen) atoms. The second kappa shape index (κ2) is 7.65. The first kappa shape index (κ1) is 20.2. The van der Waals surface area contributed by atoms with Crippen LogP contribution < -0.4 is 5.32 Å². The number of hydrogen-bond acceptors (Lipinski definition) is 6. The molecule has 0 radical (unpaired) electrons. The van der Waals surface area contributed by atoms with E-state index in [4.69, 9.17) is 0 Å². The van der Waals surface area contributed by atoms with Crippen LogP contribution in [0.15, 0.2) is 47.4 Å². The molecule has 0 aliphatic heterocycles. The zero-order chi connectivity index (χ0) is 19.5. The molecule has 0 heterocycles. The van der Waals surface area contributed by atoms with Gasteiger partial charge in [0, 0.05) is 18.3 Å². The van der Waals surface area contributed by atoms with E-state index in [1.807, 2.05) is 26.0 Å². The second-order valence-corrected chi connectivity index (χ2v) is 9.11. The van der Waals surface area contributed by atoms with E-state index in [2.05, 4.69) is 5.32 Å². The van der Waals surface area contributed by atoms with Crippen LogP contribution in [-0.2, 0) is 16.3 Å². The fourth-order valence-corrected chi connectivity index (χ4v) is 3.51. The van der Waals surface area contributed by atoms with Gasteiger partial charge in [-0.25, -0.2) is 8.42 Å². The molecule has 0 bridgehead atoms. The summed E-state index contributed by atoms with van der Waals surface area (Å²) in [5, 5.41) is 32.7. The molecule has 0 fully saturated rings. The van der Waals surface area contributed by atoms with Crippen LogP contribution in [0.5, 0.6) is 11.5 Å². The molecule has 6 nitrogen and oxygen atoms in total. The van der Waals surface area contributed by atoms with Gasteiger partial charge in [-0.05, 0) is 55.7 Å². The number of sulfone groups is 1. The summed E-state index contributed by atoms with van der Waals surface area (Å²) in [6, 6.07) is 11.0. The van der Waals surface area contributed by atoms with Crippen molar-refractivity contribution in [1.29, 1.82) is 0 Å². The SMILES string of the molecule is CC(C)(Cc1ccc(O)cc1)NCC(O)c1ccc(O)c(S(C)(=O)=O)c1. The summed E-state index contributed by atoms with van der Waals surface area (Å²) < 4.78 is 23.4. The molecule has 142 valence electrons. The number of β-amino-alcohol motifs (C(OH)–C–C–N with tert-alkyl or cyclic N) is 1. The number of aromatic hydroxyl groups is 2. The van der Waals surface area contributed by atoms with Gasteiger partial charge in [-0.15, -0.1) is 0 Å². The lowest BCUT2D eigenvalue weighted by atomic mass is 9.94. The van der Waals surface area contributed by atoms with Crippen molar-refractivity contribution in [2.45, 2.75) is 36.8 Å². The van der Waals surface area contributed by atoms with Crippen LogP contribution in [0, 0.1) is 0 Å². The van der Waals surface area contributed by atoms with Gasteiger partial charge in [0.1, 0.15) is 16.4 Å². The summed E-state index contributed by atoms with van der Waals surface area (Å²) >= 11 is 0. The number of phenols is 2. The monoisotopic (exact) mass is 379 g/mol. The summed E-state index contributed by atoms with van der Waals surface area (Å²) in [5.74, 6) is -0.118. The van der Waals surface area contributed by atoms with Gasteiger partial charge < -0.3 is 20.6 Å². The summed E-state index contributed by atoms with van der Waals surface area (Å²) in [6.45, 7) is 4.20. The summed E-state index contributed by atoms with van der Waals surface area (Å²) in [5.41, 5.74) is 1.13. The van der Waals surface area contributed by atoms with Gasteiger partial charge >= 0.3 is 0 Å². The molecule has 0 aliphatic carbocycles. The Morgan fingerprint density at radius 1 is 1.08 bits per heavy atom. The van der Waals surface area contributed by atoms with E-state index in [9.17, 15) is 23.7 Å². The number of hydrogen-bond donors (Lipinski definition) is 4. The predicted octanol–water partition coefficient (Wildman–Crippen LogP) is 2.15. The zero-order valence-electron chi connectivity index (χ0n) is 15.1. The highest BCUT2D eigenvalue weighted by molar-refractivity contribution is 7.90. The first-order valence-corrected chi connectivity index (χ1v) is 10.1. The standard InChI is InChI=1S/C19H25NO5S/c1-19(2,11-13-4-7-15(21)8-5-13)20-12-17(23)14-6-9-16(22)18(10-14)26(3,24)25/h4-10,17,20-23H,11-12H2,1-3H3. The normalized spacial score (nSPS) is 13.5. The van der Waals surface area contributed by atoms with Crippen molar-refractivity contribution in [3.05, 3.63) is 53.6 Å². The van der Waals surface area contributed by atoms with Crippen molar-refractivity contribution in [1.82, 2.24) is 5.32 Å². The van der Waals surface area contributed by atoms with Gasteiger partial charge in [0.2, 0.25) is 0 Å². The fourth-order valence-electron chi connectivity index (χ4n) is 2.71. The third-order valence-electron chi connectivity index (χ3n) is 4.12. The van der Waals surface area contributed by atoms with E-state index in [0.717, 1.165) is 11.8 Å². The highest BCUT2D eigenvalue weighted by Gasteiger charge is 2.21. The third kappa shape index (κ3) is 5.45. The highest BCUT2D eigenvalue weighted by Crippen LogP contribution is 2.26. The maximum absolute atomic E-state index is 11.7. The second-order valence-electron chi connectivity index (χ2n) is 7.12. The molecule has 2 aromatic rings. The number of nitrogens with one attached hydrogen (secondary N) is 1. The lowest BCUT2D eigenvalue weighted by Gasteiger charge is -2.28. The van der Waals surface area contributed by atoms with Crippen molar-refractivity contribution in [3.8, 4) is 11.5 Å². The molecule has 2 aromatic carbocycles.